The minimum Gasteiger partial charge on any atom is -0.0898 e. The molecule has 0 N–H and O–H groups in total. The molecule has 0 unspecified atom stereocenters. The van der Waals surface area contributed by atoms with Crippen molar-refractivity contribution in [2.75, 3.05) is 0 Å². The first-order valence-corrected chi connectivity index (χ1v) is 1.93. The molecule has 0 atom stereocenters. The molecule has 0 aromatic rings. The van der Waals surface area contributed by atoms with Crippen LogP contribution in [0, 0.1) is 0 Å². The lowest BCUT2D eigenvalue weighted by Gasteiger charge is -1.70. The highest BCUT2D eigenvalue weighted by Crippen LogP contribution is 1.93. The van der Waals surface area contributed by atoms with Crippen LogP contribution in [0.5, 0.6) is 0 Å². The minimum atomic E-state index is 0.852. The molecule has 0 aromatic carbocycles. The second-order valence-corrected chi connectivity index (χ2v) is 1.47. The first kappa shape index (κ1) is 5.03. The molecule has 0 spiro atoms. The van der Waals surface area contributed by atoms with Gasteiger partial charge in [0.25, 0.3) is 0 Å². The molecule has 0 aliphatic heterocycles. The van der Waals surface area contributed by atoms with E-state index in [4.69, 9.17) is 11.6 Å². The number of halogens is 1. The third kappa shape index (κ3) is 4.03. The fourth-order valence-corrected chi connectivity index (χ4v) is 0. The second kappa shape index (κ2) is 2.28. The zero-order valence-electron chi connectivity index (χ0n) is 3.46. The molecule has 0 rings (SSSR count). The van der Waals surface area contributed by atoms with E-state index in [1.807, 2.05) is 19.9 Å². The van der Waals surface area contributed by atoms with Crippen molar-refractivity contribution in [3.05, 3.63) is 11.1 Å². The Hall–Kier alpha value is 0.0300. The van der Waals surface area contributed by atoms with E-state index in [0.717, 1.165) is 5.03 Å². The molecule has 0 aliphatic rings. The van der Waals surface area contributed by atoms with Gasteiger partial charge < -0.3 is 0 Å². The molecule has 0 bridgehead atoms. The molecule has 0 saturated carbocycles. The summed E-state index contributed by atoms with van der Waals surface area (Å²) in [5.74, 6) is 0. The molecule has 0 nitrogen and oxygen atoms in total. The second-order valence-electron chi connectivity index (χ2n) is 0.875. The van der Waals surface area contributed by atoms with Crippen molar-refractivity contribution in [2.24, 2.45) is 0 Å². The normalized spacial score (nSPS) is 12.2. The zero-order valence-corrected chi connectivity index (χ0v) is 4.21. The molecule has 0 fully saturated rings. The fourth-order valence-electron chi connectivity index (χ4n) is 0. The van der Waals surface area contributed by atoms with Crippen LogP contribution in [0.2, 0.25) is 0 Å². The quantitative estimate of drug-likeness (QED) is 0.428. The Balaban J connectivity index is 3.14. The average Bonchev–Trinajstić information content (AvgIpc) is 1.38. The van der Waals surface area contributed by atoms with E-state index in [1.165, 1.54) is 0 Å². The highest BCUT2D eigenvalue weighted by Gasteiger charge is 1.64. The summed E-state index contributed by atoms with van der Waals surface area (Å²) in [5, 5.41) is 0.852. The summed E-state index contributed by atoms with van der Waals surface area (Å²) in [4.78, 5) is 0. The SMILES string of the molecule is C/C=C(\C)Cl. The Morgan fingerprint density at radius 2 is 2.00 bits per heavy atom. The summed E-state index contributed by atoms with van der Waals surface area (Å²) in [6.07, 6.45) is 1.85. The van der Waals surface area contributed by atoms with Crippen LogP contribution < -0.4 is 0 Å². The van der Waals surface area contributed by atoms with Crippen LogP contribution in [-0.2, 0) is 0 Å². The largest absolute Gasteiger partial charge is 0.0898 e. The summed E-state index contributed by atoms with van der Waals surface area (Å²) >= 11 is 5.32. The van der Waals surface area contributed by atoms with Gasteiger partial charge in [0.05, 0.1) is 0 Å². The predicted molar refractivity (Wildman–Crippen MR) is 25.3 cm³/mol. The van der Waals surface area contributed by atoms with Crippen LogP contribution in [-0.4, -0.2) is 0 Å². The van der Waals surface area contributed by atoms with Gasteiger partial charge in [0.1, 0.15) is 0 Å². The number of allylic oxidation sites excluding steroid dienone is 2. The molecule has 0 saturated heterocycles. The summed E-state index contributed by atoms with van der Waals surface area (Å²) in [6.45, 7) is 3.75. The molecule has 0 amide bonds. The Bertz CT molecular complexity index is 41.6. The van der Waals surface area contributed by atoms with E-state index in [2.05, 4.69) is 0 Å². The maximum atomic E-state index is 5.32. The summed E-state index contributed by atoms with van der Waals surface area (Å²) in [6, 6.07) is 0. The van der Waals surface area contributed by atoms with Gasteiger partial charge in [-0.15, -0.1) is 0 Å². The van der Waals surface area contributed by atoms with Gasteiger partial charge in [-0.25, -0.2) is 0 Å². The number of hydrogen-bond donors (Lipinski definition) is 0. The van der Waals surface area contributed by atoms with E-state index in [-0.39, 0.29) is 0 Å². The highest BCUT2D eigenvalue weighted by molar-refractivity contribution is 6.29. The van der Waals surface area contributed by atoms with Crippen LogP contribution >= 0.6 is 11.6 Å². The van der Waals surface area contributed by atoms with Gasteiger partial charge in [-0.2, -0.15) is 0 Å². The summed E-state index contributed by atoms with van der Waals surface area (Å²) < 4.78 is 0. The molecule has 0 aromatic heterocycles. The van der Waals surface area contributed by atoms with Crippen LogP contribution in [0.15, 0.2) is 11.1 Å². The van der Waals surface area contributed by atoms with E-state index in [0.29, 0.717) is 0 Å². The third-order valence-corrected chi connectivity index (χ3v) is 0.616. The van der Waals surface area contributed by atoms with Gasteiger partial charge in [-0.1, -0.05) is 17.7 Å². The van der Waals surface area contributed by atoms with Crippen molar-refractivity contribution in [3.8, 4) is 0 Å². The monoisotopic (exact) mass is 90.0 g/mol. The molecule has 0 radical (unpaired) electrons. The summed E-state index contributed by atoms with van der Waals surface area (Å²) in [7, 11) is 0. The minimum absolute atomic E-state index is 0.852. The van der Waals surface area contributed by atoms with Crippen LogP contribution in [0.3, 0.4) is 0 Å². The average molecular weight is 90.6 g/mol. The van der Waals surface area contributed by atoms with Gasteiger partial charge in [-0.05, 0) is 13.8 Å². The van der Waals surface area contributed by atoms with E-state index >= 15 is 0 Å². The van der Waals surface area contributed by atoms with Crippen molar-refractivity contribution in [1.82, 2.24) is 0 Å². The zero-order chi connectivity index (χ0) is 4.28. The van der Waals surface area contributed by atoms with Gasteiger partial charge in [-0.3, -0.25) is 0 Å². The lowest BCUT2D eigenvalue weighted by Crippen LogP contribution is -1.45. The molecule has 30 valence electrons. The third-order valence-electron chi connectivity index (χ3n) is 0.398. The van der Waals surface area contributed by atoms with Crippen molar-refractivity contribution in [3.63, 3.8) is 0 Å². The molecule has 0 aliphatic carbocycles. The highest BCUT2D eigenvalue weighted by atomic mass is 35.5. The maximum absolute atomic E-state index is 5.32. The molecule has 5 heavy (non-hydrogen) atoms. The Kier molecular flexibility index (Phi) is 2.29. The van der Waals surface area contributed by atoms with Gasteiger partial charge in [0, 0.05) is 5.03 Å². The van der Waals surface area contributed by atoms with Crippen LogP contribution in [0.1, 0.15) is 13.8 Å². The van der Waals surface area contributed by atoms with Crippen LogP contribution in [0.4, 0.5) is 0 Å². The topological polar surface area (TPSA) is 0 Å². The lowest BCUT2D eigenvalue weighted by molar-refractivity contribution is 1.59. The lowest BCUT2D eigenvalue weighted by atomic mass is 10.6. The first-order valence-electron chi connectivity index (χ1n) is 1.56. The van der Waals surface area contributed by atoms with Crippen molar-refractivity contribution >= 4 is 11.6 Å². The van der Waals surface area contributed by atoms with E-state index in [1.54, 1.807) is 0 Å². The van der Waals surface area contributed by atoms with Gasteiger partial charge in [0.2, 0.25) is 0 Å². The van der Waals surface area contributed by atoms with E-state index < -0.39 is 0 Å². The number of hydrogen-bond acceptors (Lipinski definition) is 0. The maximum Gasteiger partial charge on any atom is 0.0107 e. The Morgan fingerprint density at radius 3 is 2.00 bits per heavy atom. The van der Waals surface area contributed by atoms with Gasteiger partial charge >= 0.3 is 0 Å². The molecule has 0 heterocycles. The molecular weight excluding hydrogens is 83.5 g/mol. The smallest absolute Gasteiger partial charge is 0.0107 e. The van der Waals surface area contributed by atoms with Crippen molar-refractivity contribution < 1.29 is 0 Å². The molecular formula is C4H7Cl. The van der Waals surface area contributed by atoms with Gasteiger partial charge in [0.15, 0.2) is 0 Å². The Morgan fingerprint density at radius 1 is 1.80 bits per heavy atom. The predicted octanol–water partition coefficient (Wildman–Crippen LogP) is 2.15. The van der Waals surface area contributed by atoms with Crippen molar-refractivity contribution in [2.45, 2.75) is 13.8 Å². The first-order chi connectivity index (χ1) is 2.27. The Labute approximate surface area is 37.4 Å². The van der Waals surface area contributed by atoms with Crippen molar-refractivity contribution in [1.29, 1.82) is 0 Å². The summed E-state index contributed by atoms with van der Waals surface area (Å²) in [5.41, 5.74) is 0. The fraction of sp³-hybridized carbons (Fsp3) is 0.500. The number of rotatable bonds is 0. The molecule has 1 heteroatoms. The van der Waals surface area contributed by atoms with Crippen LogP contribution in [0.25, 0.3) is 0 Å². The van der Waals surface area contributed by atoms with E-state index in [9.17, 15) is 0 Å². The standard InChI is InChI=1S/C4H7Cl/c1-3-4(2)5/h3H,1-2H3/b4-3+.